The standard InChI is InChI=1S/C19H22O5/c1-22-16-10-14(12-20)11-17(23-2)19(16)15-7-4-13(5-8-15)6-9-18(21)24-3/h4-5,7-8,10-11,20H,6,9,12H2,1-3H3. The van der Waals surface area contributed by atoms with Gasteiger partial charge in [-0.2, -0.15) is 0 Å². The van der Waals surface area contributed by atoms with Gasteiger partial charge in [0, 0.05) is 6.42 Å². The maximum atomic E-state index is 11.2. The zero-order valence-corrected chi connectivity index (χ0v) is 14.2. The second-order valence-electron chi connectivity index (χ2n) is 5.31. The molecule has 24 heavy (non-hydrogen) atoms. The molecule has 2 aromatic carbocycles. The van der Waals surface area contributed by atoms with Gasteiger partial charge < -0.3 is 19.3 Å². The van der Waals surface area contributed by atoms with Crippen LogP contribution < -0.4 is 9.47 Å². The molecule has 0 aromatic heterocycles. The average Bonchev–Trinajstić information content (AvgIpc) is 2.65. The van der Waals surface area contributed by atoms with Gasteiger partial charge in [0.05, 0.1) is 33.5 Å². The van der Waals surface area contributed by atoms with E-state index in [1.165, 1.54) is 7.11 Å². The van der Waals surface area contributed by atoms with Gasteiger partial charge in [0.25, 0.3) is 0 Å². The molecule has 0 spiro atoms. The molecule has 1 N–H and O–H groups in total. The lowest BCUT2D eigenvalue weighted by Crippen LogP contribution is -2.01. The van der Waals surface area contributed by atoms with Crippen molar-refractivity contribution in [1.82, 2.24) is 0 Å². The first-order chi connectivity index (χ1) is 11.6. The van der Waals surface area contributed by atoms with Gasteiger partial charge in [0.1, 0.15) is 11.5 Å². The molecule has 0 aliphatic carbocycles. The lowest BCUT2D eigenvalue weighted by Gasteiger charge is -2.15. The van der Waals surface area contributed by atoms with E-state index >= 15 is 0 Å². The summed E-state index contributed by atoms with van der Waals surface area (Å²) in [5.74, 6) is 1.06. The summed E-state index contributed by atoms with van der Waals surface area (Å²) in [6, 6.07) is 11.5. The Labute approximate surface area is 141 Å². The molecule has 2 aromatic rings. The number of methoxy groups -OCH3 is 3. The quantitative estimate of drug-likeness (QED) is 0.791. The minimum absolute atomic E-state index is 0.0839. The van der Waals surface area contributed by atoms with Gasteiger partial charge in [-0.15, -0.1) is 0 Å². The Kier molecular flexibility index (Phi) is 6.21. The van der Waals surface area contributed by atoms with Crippen LogP contribution in [0.2, 0.25) is 0 Å². The second kappa shape index (κ2) is 8.36. The van der Waals surface area contributed by atoms with Crippen LogP contribution in [-0.4, -0.2) is 32.4 Å². The summed E-state index contributed by atoms with van der Waals surface area (Å²) >= 11 is 0. The third-order valence-electron chi connectivity index (χ3n) is 3.84. The number of carbonyl (C=O) groups is 1. The molecule has 0 atom stereocenters. The average molecular weight is 330 g/mol. The van der Waals surface area contributed by atoms with E-state index in [9.17, 15) is 9.90 Å². The number of aryl methyl sites for hydroxylation is 1. The smallest absolute Gasteiger partial charge is 0.305 e. The van der Waals surface area contributed by atoms with Crippen molar-refractivity contribution >= 4 is 5.97 Å². The zero-order valence-electron chi connectivity index (χ0n) is 14.2. The summed E-state index contributed by atoms with van der Waals surface area (Å²) in [4.78, 5) is 11.2. The first-order valence-electron chi connectivity index (χ1n) is 7.64. The molecule has 128 valence electrons. The second-order valence-corrected chi connectivity index (χ2v) is 5.31. The number of carbonyl (C=O) groups excluding carboxylic acids is 1. The molecule has 2 rings (SSSR count). The highest BCUT2D eigenvalue weighted by molar-refractivity contribution is 5.78. The van der Waals surface area contributed by atoms with Gasteiger partial charge in [-0.3, -0.25) is 4.79 Å². The van der Waals surface area contributed by atoms with Crippen molar-refractivity contribution in [2.24, 2.45) is 0 Å². The van der Waals surface area contributed by atoms with Gasteiger partial charge in [-0.05, 0) is 35.2 Å². The van der Waals surface area contributed by atoms with E-state index in [0.717, 1.165) is 22.3 Å². The number of hydrogen-bond donors (Lipinski definition) is 1. The Hall–Kier alpha value is -2.53. The normalized spacial score (nSPS) is 10.3. The zero-order chi connectivity index (χ0) is 17.5. The molecule has 5 heteroatoms. The Morgan fingerprint density at radius 2 is 1.54 bits per heavy atom. The number of aliphatic hydroxyl groups is 1. The van der Waals surface area contributed by atoms with E-state index in [-0.39, 0.29) is 12.6 Å². The Morgan fingerprint density at radius 1 is 0.958 bits per heavy atom. The van der Waals surface area contributed by atoms with Gasteiger partial charge >= 0.3 is 5.97 Å². The highest BCUT2D eigenvalue weighted by Crippen LogP contribution is 2.39. The minimum Gasteiger partial charge on any atom is -0.496 e. The largest absolute Gasteiger partial charge is 0.496 e. The summed E-state index contributed by atoms with van der Waals surface area (Å²) in [7, 11) is 4.56. The molecule has 0 heterocycles. The number of hydrogen-bond acceptors (Lipinski definition) is 5. The van der Waals surface area contributed by atoms with Crippen molar-refractivity contribution in [3.8, 4) is 22.6 Å². The van der Waals surface area contributed by atoms with E-state index in [4.69, 9.17) is 9.47 Å². The maximum Gasteiger partial charge on any atom is 0.305 e. The molecule has 0 unspecified atom stereocenters. The summed E-state index contributed by atoms with van der Waals surface area (Å²) in [5, 5.41) is 9.35. The molecule has 0 saturated heterocycles. The molecular formula is C19H22O5. The SMILES string of the molecule is COC(=O)CCc1ccc(-c2c(OC)cc(CO)cc2OC)cc1. The fraction of sp³-hybridized carbons (Fsp3) is 0.316. The Bertz CT molecular complexity index is 666. The fourth-order valence-corrected chi connectivity index (χ4v) is 2.53. The molecule has 0 aliphatic rings. The van der Waals surface area contributed by atoms with Crippen LogP contribution in [0, 0.1) is 0 Å². The van der Waals surface area contributed by atoms with Crippen LogP contribution in [0.1, 0.15) is 17.5 Å². The van der Waals surface area contributed by atoms with E-state index in [2.05, 4.69) is 4.74 Å². The Morgan fingerprint density at radius 3 is 2.00 bits per heavy atom. The molecule has 0 bridgehead atoms. The van der Waals surface area contributed by atoms with Crippen molar-refractivity contribution in [3.63, 3.8) is 0 Å². The highest BCUT2D eigenvalue weighted by atomic mass is 16.5. The summed E-state index contributed by atoms with van der Waals surface area (Å²) in [6.45, 7) is -0.0839. The Balaban J connectivity index is 2.32. The summed E-state index contributed by atoms with van der Waals surface area (Å²) < 4.78 is 15.6. The summed E-state index contributed by atoms with van der Waals surface area (Å²) in [6.07, 6.45) is 0.984. The van der Waals surface area contributed by atoms with Crippen molar-refractivity contribution in [1.29, 1.82) is 0 Å². The predicted octanol–water partition coefficient (Wildman–Crippen LogP) is 2.97. The van der Waals surface area contributed by atoms with Crippen LogP contribution in [0.15, 0.2) is 36.4 Å². The number of rotatable bonds is 7. The van der Waals surface area contributed by atoms with E-state index in [1.54, 1.807) is 26.4 Å². The monoisotopic (exact) mass is 330 g/mol. The topological polar surface area (TPSA) is 65.0 Å². The highest BCUT2D eigenvalue weighted by Gasteiger charge is 2.14. The van der Waals surface area contributed by atoms with Crippen molar-refractivity contribution < 1.29 is 24.1 Å². The number of ether oxygens (including phenoxy) is 3. The molecule has 0 amide bonds. The molecular weight excluding hydrogens is 308 g/mol. The lowest BCUT2D eigenvalue weighted by atomic mass is 9.99. The van der Waals surface area contributed by atoms with Crippen LogP contribution in [0.3, 0.4) is 0 Å². The van der Waals surface area contributed by atoms with E-state index in [0.29, 0.717) is 24.3 Å². The molecule has 0 fully saturated rings. The predicted molar refractivity (Wildman–Crippen MR) is 91.2 cm³/mol. The molecule has 0 radical (unpaired) electrons. The van der Waals surface area contributed by atoms with Gasteiger partial charge in [-0.1, -0.05) is 24.3 Å². The maximum absolute atomic E-state index is 11.2. The van der Waals surface area contributed by atoms with Crippen molar-refractivity contribution in [2.75, 3.05) is 21.3 Å². The van der Waals surface area contributed by atoms with E-state index < -0.39 is 0 Å². The number of aliphatic hydroxyl groups excluding tert-OH is 1. The van der Waals surface area contributed by atoms with Crippen LogP contribution >= 0.6 is 0 Å². The van der Waals surface area contributed by atoms with Gasteiger partial charge in [-0.25, -0.2) is 0 Å². The molecule has 0 aliphatic heterocycles. The summed E-state index contributed by atoms with van der Waals surface area (Å²) in [5.41, 5.74) is 3.54. The lowest BCUT2D eigenvalue weighted by molar-refractivity contribution is -0.140. The number of benzene rings is 2. The fourth-order valence-electron chi connectivity index (χ4n) is 2.53. The first kappa shape index (κ1) is 17.8. The van der Waals surface area contributed by atoms with Crippen LogP contribution in [-0.2, 0) is 22.6 Å². The van der Waals surface area contributed by atoms with Gasteiger partial charge in [0.15, 0.2) is 0 Å². The van der Waals surface area contributed by atoms with Gasteiger partial charge in [0.2, 0.25) is 0 Å². The molecule has 0 saturated carbocycles. The van der Waals surface area contributed by atoms with Crippen molar-refractivity contribution in [3.05, 3.63) is 47.5 Å². The van der Waals surface area contributed by atoms with Crippen molar-refractivity contribution in [2.45, 2.75) is 19.4 Å². The first-order valence-corrected chi connectivity index (χ1v) is 7.64. The minimum atomic E-state index is -0.220. The third kappa shape index (κ3) is 4.06. The van der Waals surface area contributed by atoms with Crippen LogP contribution in [0.4, 0.5) is 0 Å². The van der Waals surface area contributed by atoms with E-state index in [1.807, 2.05) is 24.3 Å². The van der Waals surface area contributed by atoms with Crippen LogP contribution in [0.5, 0.6) is 11.5 Å². The van der Waals surface area contributed by atoms with Crippen LogP contribution in [0.25, 0.3) is 11.1 Å². The number of esters is 1. The third-order valence-corrected chi connectivity index (χ3v) is 3.84. The molecule has 5 nitrogen and oxygen atoms in total.